The highest BCUT2D eigenvalue weighted by Crippen LogP contribution is 2.48. The average molecular weight is 268 g/mol. The molecule has 1 aliphatic carbocycles. The van der Waals surface area contributed by atoms with Gasteiger partial charge in [-0.1, -0.05) is 19.3 Å². The first-order valence-corrected chi connectivity index (χ1v) is 5.08. The summed E-state index contributed by atoms with van der Waals surface area (Å²) in [5.41, 5.74) is 0. The zero-order valence-corrected chi connectivity index (χ0v) is 8.67. The largest absolute Gasteiger partial charge is 0.458 e. The fourth-order valence-electron chi connectivity index (χ4n) is 1.71. The Morgan fingerprint density at radius 2 is 1.12 bits per heavy atom. The lowest BCUT2D eigenvalue weighted by Crippen LogP contribution is -2.56. The molecule has 0 unspecified atom stereocenters. The molecule has 0 heterocycles. The monoisotopic (exact) mass is 268 g/mol. The first kappa shape index (κ1) is 14.5. The lowest BCUT2D eigenvalue weighted by atomic mass is 9.97. The molecule has 17 heavy (non-hydrogen) atoms. The Bertz CT molecular complexity index is 237. The van der Waals surface area contributed by atoms with Crippen LogP contribution in [0.4, 0.5) is 30.7 Å². The summed E-state index contributed by atoms with van der Waals surface area (Å²) in [5, 5.41) is 0. The van der Waals surface area contributed by atoms with Gasteiger partial charge in [0.25, 0.3) is 0 Å². The smallest absolute Gasteiger partial charge is 0.329 e. The van der Waals surface area contributed by atoms with Crippen molar-refractivity contribution in [3.8, 4) is 0 Å². The Morgan fingerprint density at radius 1 is 0.706 bits per heavy atom. The molecule has 0 aromatic rings. The van der Waals surface area contributed by atoms with Gasteiger partial charge >= 0.3 is 18.2 Å². The number of halogens is 7. The summed E-state index contributed by atoms with van der Waals surface area (Å²) in [6, 6.07) is 0. The second kappa shape index (κ2) is 4.62. The van der Waals surface area contributed by atoms with Crippen molar-refractivity contribution in [2.45, 2.75) is 56.4 Å². The van der Waals surface area contributed by atoms with Crippen LogP contribution >= 0.6 is 0 Å². The second-order valence-corrected chi connectivity index (χ2v) is 3.97. The summed E-state index contributed by atoms with van der Waals surface area (Å²) in [7, 11) is 0. The zero-order chi connectivity index (χ0) is 13.3. The molecule has 0 N–H and O–H groups in total. The lowest BCUT2D eigenvalue weighted by Gasteiger charge is -2.34. The minimum Gasteiger partial charge on any atom is -0.329 e. The molecule has 0 spiro atoms. The summed E-state index contributed by atoms with van der Waals surface area (Å²) in [4.78, 5) is 0. The van der Waals surface area contributed by atoms with Gasteiger partial charge in [-0.3, -0.25) is 0 Å². The van der Waals surface area contributed by atoms with E-state index in [-0.39, 0.29) is 12.8 Å². The maximum Gasteiger partial charge on any atom is 0.458 e. The van der Waals surface area contributed by atoms with Gasteiger partial charge in [0.05, 0.1) is 6.10 Å². The van der Waals surface area contributed by atoms with Crippen LogP contribution in [0.2, 0.25) is 0 Å². The van der Waals surface area contributed by atoms with E-state index in [9.17, 15) is 30.7 Å². The molecule has 1 fully saturated rings. The predicted octanol–water partition coefficient (Wildman–Crippen LogP) is 4.13. The molecule has 102 valence electrons. The van der Waals surface area contributed by atoms with Crippen molar-refractivity contribution in [2.24, 2.45) is 0 Å². The Balaban J connectivity index is 2.84. The lowest BCUT2D eigenvalue weighted by molar-refractivity contribution is -0.439. The van der Waals surface area contributed by atoms with Crippen molar-refractivity contribution >= 4 is 0 Å². The second-order valence-electron chi connectivity index (χ2n) is 3.97. The van der Waals surface area contributed by atoms with Crippen molar-refractivity contribution in [3.05, 3.63) is 0 Å². The molecule has 1 aliphatic rings. The third-order valence-electron chi connectivity index (χ3n) is 2.61. The van der Waals surface area contributed by atoms with Crippen LogP contribution in [0.3, 0.4) is 0 Å². The van der Waals surface area contributed by atoms with Crippen molar-refractivity contribution in [2.75, 3.05) is 0 Å². The molecule has 0 bridgehead atoms. The van der Waals surface area contributed by atoms with Crippen LogP contribution < -0.4 is 0 Å². The summed E-state index contributed by atoms with van der Waals surface area (Å²) in [6.07, 6.45) is -12.0. The molecule has 8 heteroatoms. The summed E-state index contributed by atoms with van der Waals surface area (Å²) in [5.74, 6) is -5.57. The van der Waals surface area contributed by atoms with Gasteiger partial charge in [-0.25, -0.2) is 0 Å². The van der Waals surface area contributed by atoms with E-state index < -0.39 is 24.3 Å². The van der Waals surface area contributed by atoms with E-state index in [1.165, 1.54) is 0 Å². The Kier molecular flexibility index (Phi) is 3.95. The van der Waals surface area contributed by atoms with Gasteiger partial charge in [-0.2, -0.15) is 30.7 Å². The van der Waals surface area contributed by atoms with Gasteiger partial charge in [-0.15, -0.1) is 0 Å². The molecule has 0 amide bonds. The van der Waals surface area contributed by atoms with Crippen LogP contribution in [-0.4, -0.2) is 24.3 Å². The quantitative estimate of drug-likeness (QED) is 0.684. The highest BCUT2D eigenvalue weighted by molar-refractivity contribution is 4.87. The molecular weight excluding hydrogens is 257 g/mol. The standard InChI is InChI=1S/C9H11F7O/c10-7(8(11,12)13,9(14,15)16)17-6-4-2-1-3-5-6/h6H,1-5H2. The Morgan fingerprint density at radius 3 is 1.47 bits per heavy atom. The molecule has 0 saturated heterocycles. The van der Waals surface area contributed by atoms with E-state index in [2.05, 4.69) is 4.74 Å². The molecule has 0 atom stereocenters. The SMILES string of the molecule is FC(F)(F)C(F)(OC1CCCCC1)C(F)(F)F. The average Bonchev–Trinajstić information content (AvgIpc) is 2.15. The van der Waals surface area contributed by atoms with Crippen LogP contribution in [0, 0.1) is 0 Å². The molecule has 0 aliphatic heterocycles. The molecule has 0 aromatic heterocycles. The predicted molar refractivity (Wildman–Crippen MR) is 43.9 cm³/mol. The van der Waals surface area contributed by atoms with Crippen LogP contribution in [0.5, 0.6) is 0 Å². The van der Waals surface area contributed by atoms with Gasteiger partial charge in [0.15, 0.2) is 0 Å². The van der Waals surface area contributed by atoms with Crippen molar-refractivity contribution in [1.82, 2.24) is 0 Å². The maximum absolute atomic E-state index is 13.1. The molecule has 1 nitrogen and oxygen atoms in total. The van der Waals surface area contributed by atoms with E-state index in [0.29, 0.717) is 19.3 Å². The fourth-order valence-corrected chi connectivity index (χ4v) is 1.71. The summed E-state index contributed by atoms with van der Waals surface area (Å²) >= 11 is 0. The minimum atomic E-state index is -6.12. The topological polar surface area (TPSA) is 9.23 Å². The number of hydrogen-bond acceptors (Lipinski definition) is 1. The Hall–Kier alpha value is -0.530. The van der Waals surface area contributed by atoms with Gasteiger partial charge in [-0.05, 0) is 12.8 Å². The number of ether oxygens (including phenoxy) is 1. The van der Waals surface area contributed by atoms with Crippen LogP contribution in [-0.2, 0) is 4.74 Å². The number of rotatable bonds is 2. The number of hydrogen-bond donors (Lipinski definition) is 0. The van der Waals surface area contributed by atoms with E-state index in [0.717, 1.165) is 0 Å². The molecule has 1 saturated carbocycles. The first-order valence-electron chi connectivity index (χ1n) is 5.08. The number of alkyl halides is 7. The van der Waals surface area contributed by atoms with Gasteiger partial charge in [0, 0.05) is 0 Å². The van der Waals surface area contributed by atoms with Crippen LogP contribution in [0.25, 0.3) is 0 Å². The van der Waals surface area contributed by atoms with Crippen LogP contribution in [0.15, 0.2) is 0 Å². The van der Waals surface area contributed by atoms with E-state index in [1.807, 2.05) is 0 Å². The third kappa shape index (κ3) is 3.02. The third-order valence-corrected chi connectivity index (χ3v) is 2.61. The van der Waals surface area contributed by atoms with Crippen molar-refractivity contribution in [1.29, 1.82) is 0 Å². The molecule has 0 aromatic carbocycles. The van der Waals surface area contributed by atoms with E-state index in [1.54, 1.807) is 0 Å². The van der Waals surface area contributed by atoms with Gasteiger partial charge < -0.3 is 4.74 Å². The normalized spacial score (nSPS) is 20.6. The van der Waals surface area contributed by atoms with E-state index >= 15 is 0 Å². The van der Waals surface area contributed by atoms with Crippen LogP contribution in [0.1, 0.15) is 32.1 Å². The molecule has 1 rings (SSSR count). The Labute approximate surface area is 92.9 Å². The highest BCUT2D eigenvalue weighted by Gasteiger charge is 2.75. The fraction of sp³-hybridized carbons (Fsp3) is 1.00. The summed E-state index contributed by atoms with van der Waals surface area (Å²) in [6.45, 7) is 0. The van der Waals surface area contributed by atoms with E-state index in [4.69, 9.17) is 0 Å². The summed E-state index contributed by atoms with van der Waals surface area (Å²) < 4.78 is 89.6. The van der Waals surface area contributed by atoms with Crippen molar-refractivity contribution < 1.29 is 35.5 Å². The first-order chi connectivity index (χ1) is 7.58. The highest BCUT2D eigenvalue weighted by atomic mass is 19.4. The molecular formula is C9H11F7O. The maximum atomic E-state index is 13.1. The minimum absolute atomic E-state index is 0.0117. The van der Waals surface area contributed by atoms with Gasteiger partial charge in [0.1, 0.15) is 0 Å². The molecule has 0 radical (unpaired) electrons. The van der Waals surface area contributed by atoms with Crippen molar-refractivity contribution in [3.63, 3.8) is 0 Å². The zero-order valence-electron chi connectivity index (χ0n) is 8.67. The van der Waals surface area contributed by atoms with Gasteiger partial charge in [0.2, 0.25) is 0 Å².